The van der Waals surface area contributed by atoms with Gasteiger partial charge in [-0.3, -0.25) is 9.59 Å². The van der Waals surface area contributed by atoms with Crippen molar-refractivity contribution < 1.29 is 24.4 Å². The highest BCUT2D eigenvalue weighted by Gasteiger charge is 2.15. The van der Waals surface area contributed by atoms with Gasteiger partial charge in [-0.2, -0.15) is 5.23 Å². The summed E-state index contributed by atoms with van der Waals surface area (Å²) in [6.45, 7) is 2.60. The van der Waals surface area contributed by atoms with E-state index in [0.717, 1.165) is 0 Å². The predicted octanol–water partition coefficient (Wildman–Crippen LogP) is 1.91. The predicted molar refractivity (Wildman–Crippen MR) is 79.3 cm³/mol. The molecule has 1 aromatic carbocycles. The van der Waals surface area contributed by atoms with Gasteiger partial charge in [-0.15, -0.1) is 0 Å². The molecule has 0 radical (unpaired) electrons. The number of furan rings is 1. The van der Waals surface area contributed by atoms with Gasteiger partial charge in [0.05, 0.1) is 11.1 Å². The minimum atomic E-state index is -1.06. The van der Waals surface area contributed by atoms with Crippen molar-refractivity contribution in [2.75, 3.05) is 0 Å². The fraction of sp³-hybridized carbons (Fsp3) is 0.125. The number of quaternary nitrogens is 1. The standard InChI is InChI=1S/C16H15NO5/c1-10(18)14(11(2)19)9-12-7-8-16(22-12)13-5-3-4-6-15(13)17(20)21/h3-9,17,20H,1-2H3. The summed E-state index contributed by atoms with van der Waals surface area (Å²) in [7, 11) is 0. The van der Waals surface area contributed by atoms with E-state index in [2.05, 4.69) is 0 Å². The maximum atomic E-state index is 11.4. The van der Waals surface area contributed by atoms with Crippen LogP contribution >= 0.6 is 0 Å². The first-order valence-electron chi connectivity index (χ1n) is 6.56. The van der Waals surface area contributed by atoms with Crippen molar-refractivity contribution in [1.29, 1.82) is 0 Å². The summed E-state index contributed by atoms with van der Waals surface area (Å²) in [5.41, 5.74) is 0.583. The highest BCUT2D eigenvalue weighted by atomic mass is 16.8. The molecule has 2 rings (SSSR count). The molecular weight excluding hydrogens is 286 g/mol. The van der Waals surface area contributed by atoms with Gasteiger partial charge in [0, 0.05) is 6.07 Å². The summed E-state index contributed by atoms with van der Waals surface area (Å²) in [6, 6.07) is 9.63. The number of benzene rings is 1. The minimum absolute atomic E-state index is 0.0346. The van der Waals surface area contributed by atoms with Gasteiger partial charge >= 0.3 is 0 Å². The topological polar surface area (TPSA) is 95.0 Å². The number of hydrogen-bond acceptors (Lipinski definition) is 5. The largest absolute Gasteiger partial charge is 0.595 e. The van der Waals surface area contributed by atoms with Crippen molar-refractivity contribution in [2.45, 2.75) is 13.8 Å². The van der Waals surface area contributed by atoms with Crippen molar-refractivity contribution in [3.63, 3.8) is 0 Å². The van der Waals surface area contributed by atoms with E-state index in [9.17, 15) is 20.0 Å². The second kappa shape index (κ2) is 6.48. The van der Waals surface area contributed by atoms with Gasteiger partial charge in [-0.25, -0.2) is 5.21 Å². The van der Waals surface area contributed by atoms with Crippen LogP contribution < -0.4 is 5.23 Å². The first kappa shape index (κ1) is 15.8. The van der Waals surface area contributed by atoms with Crippen LogP contribution in [0.25, 0.3) is 17.4 Å². The van der Waals surface area contributed by atoms with E-state index in [1.165, 1.54) is 26.0 Å². The number of rotatable bonds is 5. The van der Waals surface area contributed by atoms with Gasteiger partial charge in [0.15, 0.2) is 17.3 Å². The summed E-state index contributed by atoms with van der Waals surface area (Å²) in [5.74, 6) is -0.0286. The van der Waals surface area contributed by atoms with Crippen LogP contribution in [0.2, 0.25) is 0 Å². The molecule has 0 aliphatic carbocycles. The Morgan fingerprint density at radius 2 is 1.77 bits per heavy atom. The fourth-order valence-corrected chi connectivity index (χ4v) is 2.05. The lowest BCUT2D eigenvalue weighted by Gasteiger charge is -2.14. The van der Waals surface area contributed by atoms with E-state index in [4.69, 9.17) is 4.42 Å². The average molecular weight is 301 g/mol. The molecule has 0 aliphatic heterocycles. The summed E-state index contributed by atoms with van der Waals surface area (Å²) in [4.78, 5) is 22.8. The third kappa shape index (κ3) is 3.37. The molecule has 6 heteroatoms. The van der Waals surface area contributed by atoms with E-state index in [0.29, 0.717) is 17.1 Å². The first-order valence-corrected chi connectivity index (χ1v) is 6.56. The van der Waals surface area contributed by atoms with Crippen LogP contribution in [0.1, 0.15) is 19.6 Å². The van der Waals surface area contributed by atoms with Crippen LogP contribution in [0.3, 0.4) is 0 Å². The zero-order chi connectivity index (χ0) is 16.3. The van der Waals surface area contributed by atoms with Crippen LogP contribution in [0.4, 0.5) is 5.69 Å². The molecule has 0 amide bonds. The Labute approximate surface area is 126 Å². The van der Waals surface area contributed by atoms with Crippen molar-refractivity contribution in [1.82, 2.24) is 0 Å². The fourth-order valence-electron chi connectivity index (χ4n) is 2.05. The van der Waals surface area contributed by atoms with Gasteiger partial charge in [0.1, 0.15) is 11.5 Å². The monoisotopic (exact) mass is 301 g/mol. The van der Waals surface area contributed by atoms with E-state index in [1.54, 1.807) is 30.3 Å². The molecule has 1 atom stereocenters. The van der Waals surface area contributed by atoms with Gasteiger partial charge in [-0.1, -0.05) is 12.1 Å². The number of hydrogen-bond donors (Lipinski definition) is 2. The molecule has 1 heterocycles. The Balaban J connectivity index is 2.43. The maximum Gasteiger partial charge on any atom is 0.174 e. The molecule has 1 unspecified atom stereocenters. The minimum Gasteiger partial charge on any atom is -0.595 e. The number of Topliss-reactive ketones (excluding diaryl/α,β-unsaturated/α-hetero) is 2. The molecule has 0 aliphatic rings. The van der Waals surface area contributed by atoms with Crippen LogP contribution in [0, 0.1) is 5.21 Å². The number of ketones is 2. The Morgan fingerprint density at radius 1 is 1.14 bits per heavy atom. The van der Waals surface area contributed by atoms with Gasteiger partial charge in [-0.05, 0) is 38.1 Å². The van der Waals surface area contributed by atoms with E-state index in [1.807, 2.05) is 0 Å². The first-order chi connectivity index (χ1) is 10.4. The summed E-state index contributed by atoms with van der Waals surface area (Å²) in [6.07, 6.45) is 1.36. The Kier molecular flexibility index (Phi) is 4.67. The zero-order valence-corrected chi connectivity index (χ0v) is 12.1. The Bertz CT molecular complexity index is 726. The highest BCUT2D eigenvalue weighted by molar-refractivity contribution is 6.21. The van der Waals surface area contributed by atoms with Gasteiger partial charge in [0.25, 0.3) is 0 Å². The van der Waals surface area contributed by atoms with Crippen LogP contribution in [-0.4, -0.2) is 16.8 Å². The van der Waals surface area contributed by atoms with Crippen LogP contribution in [0.5, 0.6) is 0 Å². The second-order valence-electron chi connectivity index (χ2n) is 4.72. The Morgan fingerprint density at radius 3 is 2.36 bits per heavy atom. The number of para-hydroxylation sites is 1. The highest BCUT2D eigenvalue weighted by Crippen LogP contribution is 2.28. The molecule has 0 saturated carbocycles. The van der Waals surface area contributed by atoms with Crippen molar-refractivity contribution in [3.8, 4) is 11.3 Å². The number of allylic oxidation sites excluding steroid dienone is 1. The van der Waals surface area contributed by atoms with Crippen LogP contribution in [0.15, 0.2) is 46.4 Å². The average Bonchev–Trinajstić information content (AvgIpc) is 2.92. The zero-order valence-electron chi connectivity index (χ0n) is 12.1. The molecule has 1 aromatic heterocycles. The van der Waals surface area contributed by atoms with Crippen molar-refractivity contribution in [3.05, 3.63) is 52.9 Å². The quantitative estimate of drug-likeness (QED) is 0.381. The smallest absolute Gasteiger partial charge is 0.174 e. The molecule has 2 N–H and O–H groups in total. The molecule has 0 saturated heterocycles. The summed E-state index contributed by atoms with van der Waals surface area (Å²) >= 11 is 0. The van der Waals surface area contributed by atoms with E-state index < -0.39 is 5.23 Å². The van der Waals surface area contributed by atoms with Crippen molar-refractivity contribution in [2.24, 2.45) is 0 Å². The molecule has 22 heavy (non-hydrogen) atoms. The molecule has 114 valence electrons. The molecule has 0 bridgehead atoms. The number of carbonyl (C=O) groups is 2. The van der Waals surface area contributed by atoms with Crippen LogP contribution in [-0.2, 0) is 9.59 Å². The van der Waals surface area contributed by atoms with Gasteiger partial charge in [0.2, 0.25) is 0 Å². The normalized spacial score (nSPS) is 11.8. The summed E-state index contributed by atoms with van der Waals surface area (Å²) in [5, 5.41) is 19.3. The number of carbonyl (C=O) groups excluding carboxylic acids is 2. The van der Waals surface area contributed by atoms with Gasteiger partial charge < -0.3 is 9.62 Å². The maximum absolute atomic E-state index is 11.4. The van der Waals surface area contributed by atoms with Crippen molar-refractivity contribution >= 4 is 23.3 Å². The van der Waals surface area contributed by atoms with E-state index in [-0.39, 0.29) is 22.8 Å². The lowest BCUT2D eigenvalue weighted by atomic mass is 10.1. The SMILES string of the molecule is CC(=O)C(=Cc1ccc(-c2ccccc2[NH+]([O-])O)o1)C(C)=O. The molecule has 0 spiro atoms. The molecule has 6 nitrogen and oxygen atoms in total. The second-order valence-corrected chi connectivity index (χ2v) is 4.72. The number of nitrogens with one attached hydrogen (secondary N) is 1. The lowest BCUT2D eigenvalue weighted by Crippen LogP contribution is -2.99. The molecule has 0 fully saturated rings. The van der Waals surface area contributed by atoms with E-state index >= 15 is 0 Å². The summed E-state index contributed by atoms with van der Waals surface area (Å²) < 4.78 is 5.55. The Hall–Kier alpha value is -2.54. The third-order valence-corrected chi connectivity index (χ3v) is 3.09. The lowest BCUT2D eigenvalue weighted by molar-refractivity contribution is -0.991. The molecule has 2 aromatic rings. The third-order valence-electron chi connectivity index (χ3n) is 3.09. The molecular formula is C16H15NO5.